The summed E-state index contributed by atoms with van der Waals surface area (Å²) >= 11 is 0. The SMILES string of the molecule is CCOC(=O)C1C2C(O)CC(NC(=O)C(CC)(NC(=O)OC(C)(C)C)C(=O)NC(c3ccccc3)(c3ccccc3)c3ccccc3)(C(=O)OCC)C12. The van der Waals surface area contributed by atoms with E-state index in [2.05, 4.69) is 16.0 Å². The van der Waals surface area contributed by atoms with Gasteiger partial charge in [0.2, 0.25) is 5.54 Å². The van der Waals surface area contributed by atoms with Crippen LogP contribution >= 0.6 is 0 Å². The minimum atomic E-state index is -2.40. The maximum atomic E-state index is 15.3. The Bertz CT molecular complexity index is 1700. The Kier molecular flexibility index (Phi) is 11.3. The first kappa shape index (κ1) is 39.0. The topological polar surface area (TPSA) is 169 Å². The van der Waals surface area contributed by atoms with Gasteiger partial charge in [0.25, 0.3) is 11.8 Å². The van der Waals surface area contributed by atoms with Gasteiger partial charge in [-0.2, -0.15) is 0 Å². The van der Waals surface area contributed by atoms with Crippen molar-refractivity contribution in [3.05, 3.63) is 108 Å². The van der Waals surface area contributed by atoms with E-state index in [4.69, 9.17) is 14.2 Å². The average Bonchev–Trinajstić information content (AvgIpc) is 3.83. The Morgan fingerprint density at radius 3 is 1.66 bits per heavy atom. The lowest BCUT2D eigenvalue weighted by Gasteiger charge is -2.42. The van der Waals surface area contributed by atoms with E-state index in [1.54, 1.807) is 41.5 Å². The first-order valence-electron chi connectivity index (χ1n) is 18.1. The van der Waals surface area contributed by atoms with Crippen molar-refractivity contribution in [2.75, 3.05) is 13.2 Å². The molecule has 12 nitrogen and oxygen atoms in total. The highest BCUT2D eigenvalue weighted by atomic mass is 16.6. The van der Waals surface area contributed by atoms with Crippen LogP contribution in [0.3, 0.4) is 0 Å². The molecule has 0 aromatic heterocycles. The lowest BCUT2D eigenvalue weighted by atomic mass is 9.76. The van der Waals surface area contributed by atoms with Gasteiger partial charge in [0, 0.05) is 18.3 Å². The summed E-state index contributed by atoms with van der Waals surface area (Å²) in [5.74, 6) is -5.92. The van der Waals surface area contributed by atoms with Gasteiger partial charge in [-0.3, -0.25) is 19.7 Å². The molecule has 5 rings (SSSR count). The van der Waals surface area contributed by atoms with Crippen molar-refractivity contribution >= 4 is 29.8 Å². The molecule has 12 heteroatoms. The molecule has 0 aliphatic heterocycles. The van der Waals surface area contributed by atoms with Crippen LogP contribution in [-0.2, 0) is 38.9 Å². The number of benzene rings is 3. The number of esters is 2. The van der Waals surface area contributed by atoms with Crippen molar-refractivity contribution in [3.8, 4) is 0 Å². The third-order valence-corrected chi connectivity index (χ3v) is 10.1. The molecule has 2 fully saturated rings. The number of amides is 3. The van der Waals surface area contributed by atoms with Crippen LogP contribution in [0.2, 0.25) is 0 Å². The first-order chi connectivity index (χ1) is 25.2. The molecule has 0 radical (unpaired) electrons. The van der Waals surface area contributed by atoms with Crippen LogP contribution in [-0.4, -0.2) is 70.9 Å². The zero-order valence-electron chi connectivity index (χ0n) is 31.0. The zero-order chi connectivity index (χ0) is 38.6. The van der Waals surface area contributed by atoms with E-state index in [1.807, 2.05) is 91.0 Å². The summed E-state index contributed by atoms with van der Waals surface area (Å²) in [6, 6.07) is 27.7. The van der Waals surface area contributed by atoms with Gasteiger partial charge in [0.15, 0.2) is 0 Å². The number of fused-ring (bicyclic) bond motifs is 1. The van der Waals surface area contributed by atoms with Gasteiger partial charge >= 0.3 is 18.0 Å². The second-order valence-electron chi connectivity index (χ2n) is 14.5. The lowest BCUT2D eigenvalue weighted by Crippen LogP contribution is -2.72. The van der Waals surface area contributed by atoms with E-state index in [1.165, 1.54) is 0 Å². The van der Waals surface area contributed by atoms with Crippen LogP contribution in [0.4, 0.5) is 4.79 Å². The summed E-state index contributed by atoms with van der Waals surface area (Å²) < 4.78 is 16.3. The largest absolute Gasteiger partial charge is 0.466 e. The second kappa shape index (κ2) is 15.4. The van der Waals surface area contributed by atoms with Crippen molar-refractivity contribution < 1.29 is 43.3 Å². The lowest BCUT2D eigenvalue weighted by molar-refractivity contribution is -0.158. The van der Waals surface area contributed by atoms with Crippen molar-refractivity contribution in [1.82, 2.24) is 16.0 Å². The summed E-state index contributed by atoms with van der Waals surface area (Å²) in [6.07, 6.45) is -2.79. The highest BCUT2D eigenvalue weighted by molar-refractivity contribution is 6.13. The molecule has 0 bridgehead atoms. The summed E-state index contributed by atoms with van der Waals surface area (Å²) in [5.41, 5.74) is -4.73. The van der Waals surface area contributed by atoms with Gasteiger partial charge in [-0.15, -0.1) is 0 Å². The van der Waals surface area contributed by atoms with E-state index in [-0.39, 0.29) is 26.1 Å². The molecule has 0 saturated heterocycles. The average molecular weight is 728 g/mol. The van der Waals surface area contributed by atoms with E-state index in [9.17, 15) is 19.5 Å². The van der Waals surface area contributed by atoms with Crippen molar-refractivity contribution in [1.29, 1.82) is 0 Å². The monoisotopic (exact) mass is 727 g/mol. The molecule has 4 N–H and O–H groups in total. The summed E-state index contributed by atoms with van der Waals surface area (Å²) in [4.78, 5) is 70.8. The van der Waals surface area contributed by atoms with E-state index in [0.29, 0.717) is 16.7 Å². The van der Waals surface area contributed by atoms with Crippen LogP contribution in [0.15, 0.2) is 91.0 Å². The van der Waals surface area contributed by atoms with Crippen molar-refractivity contribution in [2.24, 2.45) is 17.8 Å². The zero-order valence-corrected chi connectivity index (χ0v) is 31.0. The molecule has 0 spiro atoms. The molecule has 6 atom stereocenters. The van der Waals surface area contributed by atoms with E-state index in [0.717, 1.165) is 0 Å². The van der Waals surface area contributed by atoms with Gasteiger partial charge in [-0.1, -0.05) is 97.9 Å². The molecule has 6 unspecified atom stereocenters. The molecule has 3 aromatic rings. The number of carbonyl (C=O) groups excluding carboxylic acids is 5. The molecular weight excluding hydrogens is 678 g/mol. The maximum absolute atomic E-state index is 15.3. The number of alkyl carbamates (subject to hydrolysis) is 1. The highest BCUT2D eigenvalue weighted by Crippen LogP contribution is 2.63. The van der Waals surface area contributed by atoms with Crippen LogP contribution in [0, 0.1) is 17.8 Å². The van der Waals surface area contributed by atoms with Gasteiger partial charge < -0.3 is 30.0 Å². The number of carbonyl (C=O) groups is 5. The molecule has 2 aliphatic carbocycles. The molecule has 3 aromatic carbocycles. The highest BCUT2D eigenvalue weighted by Gasteiger charge is 2.76. The number of nitrogens with one attached hydrogen (secondary N) is 3. The van der Waals surface area contributed by atoms with Gasteiger partial charge in [0.1, 0.15) is 16.7 Å². The van der Waals surface area contributed by atoms with Crippen LogP contribution in [0.25, 0.3) is 0 Å². The minimum Gasteiger partial charge on any atom is -0.466 e. The number of aliphatic hydroxyl groups is 1. The molecule has 282 valence electrons. The standard InChI is InChI=1S/C41H49N3O9/c1-7-39(44-37(50)53-38(4,5)6,34(47)42-40(36(49)52-9-3)25-29(45)30-31(32(30)40)33(46)51-8-2)35(48)43-41(26-19-13-10-14-20-26,27-21-15-11-16-22-27)28-23-17-12-18-24-28/h10-24,29-32,45H,7-9,25H2,1-6H3,(H,42,47)(H,43,48)(H,44,50). The number of aliphatic hydroxyl groups excluding tert-OH is 1. The summed E-state index contributed by atoms with van der Waals surface area (Å²) in [5, 5.41) is 19.6. The van der Waals surface area contributed by atoms with Gasteiger partial charge in [-0.25, -0.2) is 9.59 Å². The third-order valence-electron chi connectivity index (χ3n) is 10.1. The van der Waals surface area contributed by atoms with Gasteiger partial charge in [0.05, 0.1) is 25.2 Å². The van der Waals surface area contributed by atoms with Crippen molar-refractivity contribution in [3.63, 3.8) is 0 Å². The fraction of sp³-hybridized carbons (Fsp3) is 0.439. The fourth-order valence-corrected chi connectivity index (χ4v) is 7.73. The number of ether oxygens (including phenoxy) is 3. The Morgan fingerprint density at radius 1 is 0.736 bits per heavy atom. The Labute approximate surface area is 310 Å². The minimum absolute atomic E-state index is 0.0582. The van der Waals surface area contributed by atoms with Crippen molar-refractivity contribution in [2.45, 2.75) is 82.7 Å². The van der Waals surface area contributed by atoms with E-state index < -0.39 is 75.9 Å². The molecule has 0 heterocycles. The predicted molar refractivity (Wildman–Crippen MR) is 195 cm³/mol. The first-order valence-corrected chi connectivity index (χ1v) is 18.1. The van der Waals surface area contributed by atoms with Crippen LogP contribution in [0.5, 0.6) is 0 Å². The quantitative estimate of drug-likeness (QED) is 0.0865. The summed E-state index contributed by atoms with van der Waals surface area (Å²) in [6.45, 7) is 9.73. The Balaban J connectivity index is 1.66. The number of hydrogen-bond acceptors (Lipinski definition) is 9. The smallest absolute Gasteiger partial charge is 0.408 e. The van der Waals surface area contributed by atoms with Crippen LogP contribution < -0.4 is 16.0 Å². The molecule has 2 aliphatic rings. The second-order valence-corrected chi connectivity index (χ2v) is 14.5. The normalized spacial score (nSPS) is 23.0. The maximum Gasteiger partial charge on any atom is 0.408 e. The fourth-order valence-electron chi connectivity index (χ4n) is 7.73. The Morgan fingerprint density at radius 2 is 1.23 bits per heavy atom. The molecule has 3 amide bonds. The molecule has 2 saturated carbocycles. The van der Waals surface area contributed by atoms with Gasteiger partial charge in [-0.05, 0) is 57.7 Å². The Hall–Kier alpha value is -5.23. The number of hydrogen-bond donors (Lipinski definition) is 4. The molecular formula is C41H49N3O9. The third kappa shape index (κ3) is 7.37. The number of rotatable bonds is 13. The van der Waals surface area contributed by atoms with Crippen LogP contribution in [0.1, 0.15) is 71.1 Å². The summed E-state index contributed by atoms with van der Waals surface area (Å²) in [7, 11) is 0. The molecule has 53 heavy (non-hydrogen) atoms. The van der Waals surface area contributed by atoms with E-state index >= 15 is 9.59 Å². The predicted octanol–water partition coefficient (Wildman–Crippen LogP) is 4.38.